The van der Waals surface area contributed by atoms with Crippen LogP contribution in [0.5, 0.6) is 0 Å². The highest BCUT2D eigenvalue weighted by Crippen LogP contribution is 2.26. The van der Waals surface area contributed by atoms with Crippen LogP contribution in [0.15, 0.2) is 40.5 Å². The summed E-state index contributed by atoms with van der Waals surface area (Å²) < 4.78 is 5.36. The lowest BCUT2D eigenvalue weighted by molar-refractivity contribution is -0.384. The van der Waals surface area contributed by atoms with E-state index in [4.69, 9.17) is 4.42 Å². The first-order valence-corrected chi connectivity index (χ1v) is 6.64. The number of nitrogens with zero attached hydrogens (tertiary/aromatic N) is 2. The van der Waals surface area contributed by atoms with E-state index in [1.54, 1.807) is 6.08 Å². The highest BCUT2D eigenvalue weighted by atomic mass is 32.2. The fourth-order valence-electron chi connectivity index (χ4n) is 1.43. The van der Waals surface area contributed by atoms with Gasteiger partial charge in [0.15, 0.2) is 5.58 Å². The first-order valence-electron chi connectivity index (χ1n) is 5.65. The molecular formula is C12H11N3O4S. The summed E-state index contributed by atoms with van der Waals surface area (Å²) in [5.74, 6) is -0.00825. The summed E-state index contributed by atoms with van der Waals surface area (Å²) in [6, 6.07) is 4.18. The SMILES string of the molecule is C=CCNC(=O)CSc1nc2ccc([N+](=O)[O-])cc2o1. The van der Waals surface area contributed by atoms with Gasteiger partial charge in [-0.15, -0.1) is 6.58 Å². The number of aromatic nitrogens is 1. The lowest BCUT2D eigenvalue weighted by Crippen LogP contribution is -2.24. The number of hydrogen-bond acceptors (Lipinski definition) is 6. The van der Waals surface area contributed by atoms with Gasteiger partial charge >= 0.3 is 0 Å². The van der Waals surface area contributed by atoms with Crippen LogP contribution in [0.2, 0.25) is 0 Å². The van der Waals surface area contributed by atoms with Crippen LogP contribution in [0.4, 0.5) is 5.69 Å². The number of oxazole rings is 1. The number of thioether (sulfide) groups is 1. The zero-order valence-electron chi connectivity index (χ0n) is 10.4. The lowest BCUT2D eigenvalue weighted by atomic mass is 10.3. The Labute approximate surface area is 118 Å². The van der Waals surface area contributed by atoms with Crippen molar-refractivity contribution in [3.8, 4) is 0 Å². The smallest absolute Gasteiger partial charge is 0.273 e. The van der Waals surface area contributed by atoms with Gasteiger partial charge in [-0.3, -0.25) is 14.9 Å². The highest BCUT2D eigenvalue weighted by Gasteiger charge is 2.12. The van der Waals surface area contributed by atoms with E-state index >= 15 is 0 Å². The van der Waals surface area contributed by atoms with Gasteiger partial charge in [-0.05, 0) is 6.07 Å². The number of carbonyl (C=O) groups is 1. The van der Waals surface area contributed by atoms with E-state index in [0.29, 0.717) is 22.9 Å². The van der Waals surface area contributed by atoms with E-state index in [1.165, 1.54) is 18.2 Å². The standard InChI is InChI=1S/C12H11N3O4S/c1-2-5-13-11(16)7-20-12-14-9-4-3-8(15(17)18)6-10(9)19-12/h2-4,6H,1,5,7H2,(H,13,16). The van der Waals surface area contributed by atoms with Gasteiger partial charge in [-0.1, -0.05) is 17.8 Å². The highest BCUT2D eigenvalue weighted by molar-refractivity contribution is 7.99. The number of fused-ring (bicyclic) bond motifs is 1. The van der Waals surface area contributed by atoms with Crippen molar-refractivity contribution in [2.24, 2.45) is 0 Å². The predicted molar refractivity (Wildman–Crippen MR) is 74.6 cm³/mol. The van der Waals surface area contributed by atoms with Crippen molar-refractivity contribution in [1.29, 1.82) is 0 Å². The Kier molecular flexibility index (Phi) is 4.36. The number of carbonyl (C=O) groups excluding carboxylic acids is 1. The third-order valence-electron chi connectivity index (χ3n) is 2.33. The summed E-state index contributed by atoms with van der Waals surface area (Å²) in [4.78, 5) is 25.7. The van der Waals surface area contributed by atoms with E-state index in [2.05, 4.69) is 16.9 Å². The first-order chi connectivity index (χ1) is 9.60. The molecule has 0 atom stereocenters. The van der Waals surface area contributed by atoms with E-state index in [9.17, 15) is 14.9 Å². The molecule has 104 valence electrons. The minimum absolute atomic E-state index is 0.0612. The van der Waals surface area contributed by atoms with Gasteiger partial charge in [0, 0.05) is 12.6 Å². The minimum Gasteiger partial charge on any atom is -0.431 e. The van der Waals surface area contributed by atoms with Crippen LogP contribution in [0.3, 0.4) is 0 Å². The summed E-state index contributed by atoms with van der Waals surface area (Å²) in [7, 11) is 0. The van der Waals surface area contributed by atoms with Crippen molar-refractivity contribution in [3.63, 3.8) is 0 Å². The zero-order valence-corrected chi connectivity index (χ0v) is 11.2. The molecule has 0 fully saturated rings. The number of nitro benzene ring substituents is 1. The number of rotatable bonds is 6. The van der Waals surface area contributed by atoms with Crippen molar-refractivity contribution in [2.75, 3.05) is 12.3 Å². The molecule has 0 saturated carbocycles. The first kappa shape index (κ1) is 14.1. The third-order valence-corrected chi connectivity index (χ3v) is 3.16. The van der Waals surface area contributed by atoms with Crippen molar-refractivity contribution in [2.45, 2.75) is 5.22 Å². The summed E-state index contributed by atoms with van der Waals surface area (Å²) in [6.07, 6.45) is 1.58. The van der Waals surface area contributed by atoms with Crippen molar-refractivity contribution in [3.05, 3.63) is 41.0 Å². The normalized spacial score (nSPS) is 10.4. The number of nitro groups is 1. The van der Waals surface area contributed by atoms with E-state index < -0.39 is 4.92 Å². The third kappa shape index (κ3) is 3.35. The quantitative estimate of drug-likeness (QED) is 0.379. The number of hydrogen-bond donors (Lipinski definition) is 1. The molecule has 1 heterocycles. The van der Waals surface area contributed by atoms with Gasteiger partial charge in [-0.2, -0.15) is 0 Å². The number of nitrogens with one attached hydrogen (secondary N) is 1. The van der Waals surface area contributed by atoms with Crippen LogP contribution < -0.4 is 5.32 Å². The molecular weight excluding hydrogens is 282 g/mol. The van der Waals surface area contributed by atoms with Crippen LogP contribution >= 0.6 is 11.8 Å². The van der Waals surface area contributed by atoms with Gasteiger partial charge < -0.3 is 9.73 Å². The molecule has 7 nitrogen and oxygen atoms in total. The molecule has 0 spiro atoms. The Morgan fingerprint density at radius 3 is 3.10 bits per heavy atom. The number of non-ortho nitro benzene ring substituents is 1. The molecule has 1 aromatic heterocycles. The molecule has 0 radical (unpaired) electrons. The maximum atomic E-state index is 11.4. The van der Waals surface area contributed by atoms with E-state index in [0.717, 1.165) is 11.8 Å². The topological polar surface area (TPSA) is 98.3 Å². The average Bonchev–Trinajstić information content (AvgIpc) is 2.84. The fourth-order valence-corrected chi connectivity index (χ4v) is 2.10. The maximum absolute atomic E-state index is 11.4. The molecule has 1 N–H and O–H groups in total. The van der Waals surface area contributed by atoms with Gasteiger partial charge in [0.05, 0.1) is 16.7 Å². The van der Waals surface area contributed by atoms with E-state index in [1.807, 2.05) is 0 Å². The van der Waals surface area contributed by atoms with E-state index in [-0.39, 0.29) is 17.3 Å². The minimum atomic E-state index is -0.502. The number of benzene rings is 1. The summed E-state index contributed by atoms with van der Waals surface area (Å²) in [5.41, 5.74) is 0.784. The van der Waals surface area contributed by atoms with Crippen molar-refractivity contribution >= 4 is 34.5 Å². The van der Waals surface area contributed by atoms with Crippen LogP contribution in [0, 0.1) is 10.1 Å². The summed E-state index contributed by atoms with van der Waals surface area (Å²) in [5, 5.41) is 13.6. The fraction of sp³-hybridized carbons (Fsp3) is 0.167. The van der Waals surface area contributed by atoms with Gasteiger partial charge in [-0.25, -0.2) is 4.98 Å². The average molecular weight is 293 g/mol. The predicted octanol–water partition coefficient (Wildman–Crippen LogP) is 2.13. The monoisotopic (exact) mass is 293 g/mol. The van der Waals surface area contributed by atoms with Crippen LogP contribution in [-0.4, -0.2) is 28.1 Å². The summed E-state index contributed by atoms with van der Waals surface area (Å²) in [6.45, 7) is 3.90. The second-order valence-electron chi connectivity index (χ2n) is 3.77. The Morgan fingerprint density at radius 1 is 1.60 bits per heavy atom. The Hall–Kier alpha value is -2.35. The van der Waals surface area contributed by atoms with Crippen LogP contribution in [0.25, 0.3) is 11.1 Å². The second kappa shape index (κ2) is 6.20. The molecule has 2 rings (SSSR count). The second-order valence-corrected chi connectivity index (χ2v) is 4.70. The molecule has 2 aromatic rings. The molecule has 0 bridgehead atoms. The Bertz CT molecular complexity index is 668. The summed E-state index contributed by atoms with van der Waals surface area (Å²) >= 11 is 1.12. The lowest BCUT2D eigenvalue weighted by Gasteiger charge is -1.98. The molecule has 1 aromatic carbocycles. The van der Waals surface area contributed by atoms with Gasteiger partial charge in [0.25, 0.3) is 10.9 Å². The molecule has 0 aliphatic rings. The molecule has 8 heteroatoms. The molecule has 0 saturated heterocycles. The molecule has 0 aliphatic carbocycles. The van der Waals surface area contributed by atoms with Crippen molar-refractivity contribution < 1.29 is 14.1 Å². The molecule has 0 aliphatic heterocycles. The zero-order chi connectivity index (χ0) is 14.5. The van der Waals surface area contributed by atoms with Crippen LogP contribution in [0.1, 0.15) is 0 Å². The van der Waals surface area contributed by atoms with Gasteiger partial charge in [0.1, 0.15) is 5.52 Å². The molecule has 0 unspecified atom stereocenters. The van der Waals surface area contributed by atoms with Gasteiger partial charge in [0.2, 0.25) is 5.91 Å². The Morgan fingerprint density at radius 2 is 2.40 bits per heavy atom. The number of amides is 1. The molecule has 20 heavy (non-hydrogen) atoms. The van der Waals surface area contributed by atoms with Crippen LogP contribution in [-0.2, 0) is 4.79 Å². The Balaban J connectivity index is 2.06. The largest absolute Gasteiger partial charge is 0.431 e. The molecule has 1 amide bonds. The maximum Gasteiger partial charge on any atom is 0.273 e. The van der Waals surface area contributed by atoms with Crippen molar-refractivity contribution in [1.82, 2.24) is 10.3 Å².